The Bertz CT molecular complexity index is 377. The number of aryl methyl sites for hydroxylation is 1. The normalized spacial score (nSPS) is 12.5. The van der Waals surface area contributed by atoms with Crippen LogP contribution in [0.5, 0.6) is 0 Å². The molecule has 6 heteroatoms. The van der Waals surface area contributed by atoms with Crippen LogP contribution in [0.25, 0.3) is 0 Å². The van der Waals surface area contributed by atoms with Gasteiger partial charge >= 0.3 is 0 Å². The summed E-state index contributed by atoms with van der Waals surface area (Å²) in [6.07, 6.45) is 4.80. The van der Waals surface area contributed by atoms with Crippen LogP contribution in [0.15, 0.2) is 23.5 Å². The van der Waals surface area contributed by atoms with Crippen LogP contribution >= 0.6 is 0 Å². The molecule has 3 N–H and O–H groups in total. The monoisotopic (exact) mass is 280 g/mol. The highest BCUT2D eigenvalue weighted by Gasteiger charge is 2.07. The molecule has 0 radical (unpaired) electrons. The topological polar surface area (TPSA) is 66.3 Å². The van der Waals surface area contributed by atoms with E-state index in [2.05, 4.69) is 46.8 Å². The summed E-state index contributed by atoms with van der Waals surface area (Å²) in [5, 5.41) is 14.2. The minimum absolute atomic E-state index is 0.155. The molecule has 0 spiro atoms. The Morgan fingerprint density at radius 2 is 1.95 bits per heavy atom. The number of guanidine groups is 1. The molecule has 0 amide bonds. The summed E-state index contributed by atoms with van der Waals surface area (Å²) in [5.41, 5.74) is 0.155. The van der Waals surface area contributed by atoms with Gasteiger partial charge in [0.25, 0.3) is 0 Å². The lowest BCUT2D eigenvalue weighted by Crippen LogP contribution is -2.44. The molecule has 114 valence electrons. The molecule has 1 heterocycles. The highest BCUT2D eigenvalue weighted by Crippen LogP contribution is 1.96. The zero-order chi connectivity index (χ0) is 14.8. The minimum Gasteiger partial charge on any atom is -0.356 e. The average Bonchev–Trinajstić information content (AvgIpc) is 2.88. The fraction of sp³-hybridized carbons (Fsp3) is 0.714. The molecule has 1 rings (SSSR count). The third kappa shape index (κ3) is 7.78. The fourth-order valence-electron chi connectivity index (χ4n) is 1.72. The van der Waals surface area contributed by atoms with Gasteiger partial charge in [0.1, 0.15) is 0 Å². The maximum atomic E-state index is 4.20. The van der Waals surface area contributed by atoms with Crippen molar-refractivity contribution in [2.75, 3.05) is 26.7 Å². The maximum Gasteiger partial charge on any atom is 0.191 e. The van der Waals surface area contributed by atoms with Crippen LogP contribution in [0, 0.1) is 0 Å². The van der Waals surface area contributed by atoms with E-state index in [0.29, 0.717) is 0 Å². The number of rotatable bonds is 7. The number of aromatic nitrogens is 2. The van der Waals surface area contributed by atoms with Crippen molar-refractivity contribution < 1.29 is 0 Å². The van der Waals surface area contributed by atoms with E-state index < -0.39 is 0 Å². The Balaban J connectivity index is 2.08. The largest absolute Gasteiger partial charge is 0.356 e. The minimum atomic E-state index is 0.155. The average molecular weight is 280 g/mol. The second-order valence-electron chi connectivity index (χ2n) is 5.73. The lowest BCUT2D eigenvalue weighted by atomic mass is 10.1. The molecule has 6 nitrogen and oxygen atoms in total. The van der Waals surface area contributed by atoms with E-state index in [1.165, 1.54) is 0 Å². The van der Waals surface area contributed by atoms with Gasteiger partial charge in [-0.2, -0.15) is 5.10 Å². The SMILES string of the molecule is CN=C(NCCCn1cccn1)NCCNC(C)(C)C. The van der Waals surface area contributed by atoms with Crippen LogP contribution < -0.4 is 16.0 Å². The van der Waals surface area contributed by atoms with E-state index in [9.17, 15) is 0 Å². The predicted molar refractivity (Wildman–Crippen MR) is 84.0 cm³/mol. The molecule has 0 fully saturated rings. The zero-order valence-electron chi connectivity index (χ0n) is 13.1. The Morgan fingerprint density at radius 3 is 2.55 bits per heavy atom. The quantitative estimate of drug-likeness (QED) is 0.393. The Hall–Kier alpha value is -1.56. The van der Waals surface area contributed by atoms with E-state index >= 15 is 0 Å². The first-order valence-electron chi connectivity index (χ1n) is 7.18. The fourth-order valence-corrected chi connectivity index (χ4v) is 1.72. The van der Waals surface area contributed by atoms with Crippen molar-refractivity contribution in [3.8, 4) is 0 Å². The van der Waals surface area contributed by atoms with Gasteiger partial charge in [-0.05, 0) is 33.3 Å². The number of nitrogens with one attached hydrogen (secondary N) is 3. The molecular formula is C14H28N6. The van der Waals surface area contributed by atoms with Crippen molar-refractivity contribution in [3.63, 3.8) is 0 Å². The Kier molecular flexibility index (Phi) is 7.08. The Morgan fingerprint density at radius 1 is 1.20 bits per heavy atom. The van der Waals surface area contributed by atoms with Gasteiger partial charge in [-0.3, -0.25) is 9.67 Å². The van der Waals surface area contributed by atoms with Crippen molar-refractivity contribution in [1.82, 2.24) is 25.7 Å². The standard InChI is InChI=1S/C14H28N6/c1-14(2,3)18-10-9-17-13(15-4)16-7-5-11-20-12-6-8-19-20/h6,8,12,18H,5,7,9-11H2,1-4H3,(H2,15,16,17). The van der Waals surface area contributed by atoms with Crippen molar-refractivity contribution >= 4 is 5.96 Å². The van der Waals surface area contributed by atoms with Gasteiger partial charge in [-0.1, -0.05) is 0 Å². The van der Waals surface area contributed by atoms with Gasteiger partial charge < -0.3 is 16.0 Å². The number of hydrogen-bond acceptors (Lipinski definition) is 3. The van der Waals surface area contributed by atoms with Gasteiger partial charge in [0.15, 0.2) is 5.96 Å². The van der Waals surface area contributed by atoms with Gasteiger partial charge in [-0.25, -0.2) is 0 Å². The highest BCUT2D eigenvalue weighted by atomic mass is 15.3. The molecule has 0 saturated carbocycles. The molecular weight excluding hydrogens is 252 g/mol. The molecule has 20 heavy (non-hydrogen) atoms. The molecule has 0 aliphatic rings. The summed E-state index contributed by atoms with van der Waals surface area (Å²) in [5.74, 6) is 0.848. The van der Waals surface area contributed by atoms with E-state index in [4.69, 9.17) is 0 Å². The van der Waals surface area contributed by atoms with E-state index in [1.807, 2.05) is 16.9 Å². The van der Waals surface area contributed by atoms with Crippen LogP contribution in [0.4, 0.5) is 0 Å². The third-order valence-corrected chi connectivity index (χ3v) is 2.71. The van der Waals surface area contributed by atoms with E-state index in [-0.39, 0.29) is 5.54 Å². The first-order chi connectivity index (χ1) is 9.51. The second kappa shape index (κ2) is 8.58. The molecule has 0 unspecified atom stereocenters. The second-order valence-corrected chi connectivity index (χ2v) is 5.73. The van der Waals surface area contributed by atoms with Crippen molar-refractivity contribution in [3.05, 3.63) is 18.5 Å². The summed E-state index contributed by atoms with van der Waals surface area (Å²) < 4.78 is 1.94. The number of aliphatic imine (C=N–C) groups is 1. The summed E-state index contributed by atoms with van der Waals surface area (Å²) in [7, 11) is 1.79. The van der Waals surface area contributed by atoms with Gasteiger partial charge in [0.05, 0.1) is 0 Å². The molecule has 0 aliphatic heterocycles. The lowest BCUT2D eigenvalue weighted by Gasteiger charge is -2.21. The number of nitrogens with zero attached hydrogens (tertiary/aromatic N) is 3. The first kappa shape index (κ1) is 16.5. The van der Waals surface area contributed by atoms with Crippen LogP contribution in [0.3, 0.4) is 0 Å². The van der Waals surface area contributed by atoms with E-state index in [0.717, 1.165) is 38.6 Å². The molecule has 0 aliphatic carbocycles. The van der Waals surface area contributed by atoms with Gasteiger partial charge in [-0.15, -0.1) is 0 Å². The number of hydrogen-bond donors (Lipinski definition) is 3. The Labute approximate surface area is 122 Å². The summed E-state index contributed by atoms with van der Waals surface area (Å²) >= 11 is 0. The molecule has 1 aromatic heterocycles. The summed E-state index contributed by atoms with van der Waals surface area (Å²) in [6.45, 7) is 10.1. The first-order valence-corrected chi connectivity index (χ1v) is 7.18. The predicted octanol–water partition coefficient (Wildman–Crippen LogP) is 0.826. The third-order valence-electron chi connectivity index (χ3n) is 2.71. The molecule has 0 saturated heterocycles. The molecule has 0 atom stereocenters. The van der Waals surface area contributed by atoms with Crippen LogP contribution in [0.1, 0.15) is 27.2 Å². The summed E-state index contributed by atoms with van der Waals surface area (Å²) in [6, 6.07) is 1.94. The molecule has 0 aromatic carbocycles. The lowest BCUT2D eigenvalue weighted by molar-refractivity contribution is 0.428. The smallest absolute Gasteiger partial charge is 0.191 e. The van der Waals surface area contributed by atoms with Crippen molar-refractivity contribution in [1.29, 1.82) is 0 Å². The van der Waals surface area contributed by atoms with Crippen LogP contribution in [0.2, 0.25) is 0 Å². The maximum absolute atomic E-state index is 4.20. The zero-order valence-corrected chi connectivity index (χ0v) is 13.1. The van der Waals surface area contributed by atoms with Crippen molar-refractivity contribution in [2.45, 2.75) is 39.3 Å². The van der Waals surface area contributed by atoms with Gasteiger partial charge in [0, 0.05) is 51.2 Å². The highest BCUT2D eigenvalue weighted by molar-refractivity contribution is 5.79. The van der Waals surface area contributed by atoms with Gasteiger partial charge in [0.2, 0.25) is 0 Å². The van der Waals surface area contributed by atoms with Crippen LogP contribution in [-0.4, -0.2) is 48.0 Å². The molecule has 1 aromatic rings. The summed E-state index contributed by atoms with van der Waals surface area (Å²) in [4.78, 5) is 4.20. The van der Waals surface area contributed by atoms with Crippen LogP contribution in [-0.2, 0) is 6.54 Å². The molecule has 0 bridgehead atoms. The van der Waals surface area contributed by atoms with E-state index in [1.54, 1.807) is 13.2 Å². The van der Waals surface area contributed by atoms with Crippen molar-refractivity contribution in [2.24, 2.45) is 4.99 Å².